The summed E-state index contributed by atoms with van der Waals surface area (Å²) in [6, 6.07) is 19.8. The van der Waals surface area contributed by atoms with Gasteiger partial charge in [0.1, 0.15) is 5.70 Å². The minimum absolute atomic E-state index is 0.0350. The number of hydrogen-bond donors (Lipinski definition) is 3. The van der Waals surface area contributed by atoms with Gasteiger partial charge in [0.2, 0.25) is 0 Å². The van der Waals surface area contributed by atoms with E-state index in [0.717, 1.165) is 15.3 Å². The van der Waals surface area contributed by atoms with Crippen LogP contribution in [0.2, 0.25) is 5.02 Å². The molecule has 8 heteroatoms. The van der Waals surface area contributed by atoms with Crippen molar-refractivity contribution in [2.75, 3.05) is 26.3 Å². The lowest BCUT2D eigenvalue weighted by molar-refractivity contribution is -0.128. The maximum Gasteiger partial charge on any atom is 0.270 e. The molecule has 0 atom stereocenters. The molecule has 32 heavy (non-hydrogen) atoms. The molecule has 0 saturated heterocycles. The Balaban J connectivity index is 1.94. The molecule has 3 N–H and O–H groups in total. The predicted molar refractivity (Wildman–Crippen MR) is 127 cm³/mol. The molecular formula is C24H23ClN2O4S. The van der Waals surface area contributed by atoms with Crippen LogP contribution in [0.15, 0.2) is 72.4 Å². The number of nitrogens with one attached hydrogen (secondary N) is 1. The standard InChI is InChI=1S/C24H23ClN2O4S/c25-20-9-5-4-8-19(20)22-11-10-18(32-22)16-21(24(31)27(12-14-28)13-15-29)26-23(30)17-6-2-1-3-7-17/h1-11,16,28-29H,12-15H2,(H,26,30). The Labute approximate surface area is 195 Å². The van der Waals surface area contributed by atoms with Crippen LogP contribution in [0.3, 0.4) is 0 Å². The average Bonchev–Trinajstić information content (AvgIpc) is 3.27. The molecule has 1 aromatic heterocycles. The van der Waals surface area contributed by atoms with Gasteiger partial charge in [0, 0.05) is 39.0 Å². The van der Waals surface area contributed by atoms with E-state index in [-0.39, 0.29) is 32.0 Å². The Morgan fingerprint density at radius 2 is 1.59 bits per heavy atom. The summed E-state index contributed by atoms with van der Waals surface area (Å²) in [5, 5.41) is 21.9. The van der Waals surface area contributed by atoms with E-state index < -0.39 is 11.8 Å². The second kappa shape index (κ2) is 11.6. The van der Waals surface area contributed by atoms with Crippen LogP contribution >= 0.6 is 22.9 Å². The molecule has 2 aromatic carbocycles. The van der Waals surface area contributed by atoms with E-state index in [1.807, 2.05) is 36.4 Å². The first kappa shape index (κ1) is 23.7. The number of benzene rings is 2. The van der Waals surface area contributed by atoms with Gasteiger partial charge in [-0.3, -0.25) is 9.59 Å². The molecule has 0 radical (unpaired) electrons. The van der Waals surface area contributed by atoms with Gasteiger partial charge in [-0.15, -0.1) is 11.3 Å². The van der Waals surface area contributed by atoms with E-state index >= 15 is 0 Å². The van der Waals surface area contributed by atoms with E-state index in [1.165, 1.54) is 16.2 Å². The van der Waals surface area contributed by atoms with Crippen LogP contribution in [0.5, 0.6) is 0 Å². The number of amides is 2. The molecule has 1 heterocycles. The van der Waals surface area contributed by atoms with Crippen molar-refractivity contribution in [3.63, 3.8) is 0 Å². The molecule has 166 valence electrons. The predicted octanol–water partition coefficient (Wildman–Crippen LogP) is 3.65. The van der Waals surface area contributed by atoms with Gasteiger partial charge >= 0.3 is 0 Å². The quantitative estimate of drug-likeness (QED) is 0.416. The smallest absolute Gasteiger partial charge is 0.270 e. The highest BCUT2D eigenvalue weighted by molar-refractivity contribution is 7.16. The van der Waals surface area contributed by atoms with E-state index in [4.69, 9.17) is 11.6 Å². The Bertz CT molecular complexity index is 1090. The van der Waals surface area contributed by atoms with Crippen molar-refractivity contribution < 1.29 is 19.8 Å². The molecule has 0 fully saturated rings. The van der Waals surface area contributed by atoms with Crippen LogP contribution in [0.4, 0.5) is 0 Å². The number of nitrogens with zero attached hydrogens (tertiary/aromatic N) is 1. The summed E-state index contributed by atoms with van der Waals surface area (Å²) in [6.45, 7) is -0.455. The third-order valence-corrected chi connectivity index (χ3v) is 5.99. The summed E-state index contributed by atoms with van der Waals surface area (Å²) >= 11 is 7.72. The summed E-state index contributed by atoms with van der Waals surface area (Å²) in [4.78, 5) is 28.8. The normalized spacial score (nSPS) is 11.3. The molecule has 0 aliphatic carbocycles. The largest absolute Gasteiger partial charge is 0.395 e. The highest BCUT2D eigenvalue weighted by Crippen LogP contribution is 2.34. The number of rotatable bonds is 9. The van der Waals surface area contributed by atoms with E-state index in [2.05, 4.69) is 5.32 Å². The number of carbonyl (C=O) groups is 2. The van der Waals surface area contributed by atoms with Crippen molar-refractivity contribution in [3.8, 4) is 10.4 Å². The zero-order valence-electron chi connectivity index (χ0n) is 17.2. The molecule has 3 aromatic rings. The summed E-state index contributed by atoms with van der Waals surface area (Å²) in [5.41, 5.74) is 1.33. The van der Waals surface area contributed by atoms with Gasteiger partial charge < -0.3 is 20.4 Å². The van der Waals surface area contributed by atoms with Gasteiger partial charge in [-0.1, -0.05) is 48.0 Å². The Morgan fingerprint density at radius 1 is 0.938 bits per heavy atom. The van der Waals surface area contributed by atoms with Crippen LogP contribution in [0.1, 0.15) is 15.2 Å². The van der Waals surface area contributed by atoms with Crippen molar-refractivity contribution in [1.29, 1.82) is 0 Å². The number of hydrogen-bond acceptors (Lipinski definition) is 5. The molecule has 0 aliphatic rings. The lowest BCUT2D eigenvalue weighted by atomic mass is 10.2. The van der Waals surface area contributed by atoms with Crippen LogP contribution in [0.25, 0.3) is 16.5 Å². The first-order valence-corrected chi connectivity index (χ1v) is 11.2. The Kier molecular flexibility index (Phi) is 8.58. The number of aliphatic hydroxyl groups is 2. The second-order valence-corrected chi connectivity index (χ2v) is 8.32. The molecule has 0 aliphatic heterocycles. The molecule has 0 unspecified atom stereocenters. The summed E-state index contributed by atoms with van der Waals surface area (Å²) < 4.78 is 0. The minimum Gasteiger partial charge on any atom is -0.395 e. The zero-order valence-corrected chi connectivity index (χ0v) is 18.8. The van der Waals surface area contributed by atoms with Gasteiger partial charge in [0.05, 0.1) is 13.2 Å². The van der Waals surface area contributed by atoms with E-state index in [1.54, 1.807) is 36.4 Å². The topological polar surface area (TPSA) is 89.9 Å². The Hall–Kier alpha value is -2.97. The second-order valence-electron chi connectivity index (χ2n) is 6.80. The lowest BCUT2D eigenvalue weighted by Gasteiger charge is -2.22. The summed E-state index contributed by atoms with van der Waals surface area (Å²) in [6.07, 6.45) is 1.59. The van der Waals surface area contributed by atoms with Crippen LogP contribution in [-0.4, -0.2) is 53.2 Å². The molecule has 3 rings (SSSR count). The maximum absolute atomic E-state index is 13.1. The Morgan fingerprint density at radius 3 is 2.25 bits per heavy atom. The number of thiophene rings is 1. The summed E-state index contributed by atoms with van der Waals surface area (Å²) in [5.74, 6) is -0.925. The van der Waals surface area contributed by atoms with Gasteiger partial charge in [0.25, 0.3) is 11.8 Å². The van der Waals surface area contributed by atoms with Crippen molar-refractivity contribution >= 4 is 40.8 Å². The van der Waals surface area contributed by atoms with Gasteiger partial charge in [-0.05, 0) is 36.4 Å². The molecule has 2 amide bonds. The van der Waals surface area contributed by atoms with Gasteiger partial charge in [-0.25, -0.2) is 0 Å². The monoisotopic (exact) mass is 470 g/mol. The van der Waals surface area contributed by atoms with Crippen LogP contribution < -0.4 is 5.32 Å². The molecular weight excluding hydrogens is 448 g/mol. The SMILES string of the molecule is O=C(NC(=Cc1ccc(-c2ccccc2Cl)s1)C(=O)N(CCO)CCO)c1ccccc1. The minimum atomic E-state index is -0.495. The molecule has 0 saturated carbocycles. The van der Waals surface area contributed by atoms with Crippen molar-refractivity contribution in [2.45, 2.75) is 0 Å². The first-order chi connectivity index (χ1) is 15.5. The molecule has 0 spiro atoms. The number of aliphatic hydroxyl groups excluding tert-OH is 2. The number of halogens is 1. The van der Waals surface area contributed by atoms with Gasteiger partial charge in [-0.2, -0.15) is 0 Å². The first-order valence-electron chi connectivity index (χ1n) is 9.97. The summed E-state index contributed by atoms with van der Waals surface area (Å²) in [7, 11) is 0. The van der Waals surface area contributed by atoms with Crippen molar-refractivity contribution in [3.05, 3.63) is 87.9 Å². The van der Waals surface area contributed by atoms with E-state index in [0.29, 0.717) is 10.6 Å². The van der Waals surface area contributed by atoms with Crippen molar-refractivity contribution in [1.82, 2.24) is 10.2 Å². The van der Waals surface area contributed by atoms with E-state index in [9.17, 15) is 19.8 Å². The third kappa shape index (κ3) is 6.05. The zero-order chi connectivity index (χ0) is 22.9. The highest BCUT2D eigenvalue weighted by atomic mass is 35.5. The maximum atomic E-state index is 13.1. The van der Waals surface area contributed by atoms with Crippen LogP contribution in [-0.2, 0) is 4.79 Å². The fourth-order valence-corrected chi connectivity index (χ4v) is 4.32. The average molecular weight is 471 g/mol. The fraction of sp³-hybridized carbons (Fsp3) is 0.167. The van der Waals surface area contributed by atoms with Crippen LogP contribution in [0, 0.1) is 0 Å². The molecule has 6 nitrogen and oxygen atoms in total. The van der Waals surface area contributed by atoms with Gasteiger partial charge in [0.15, 0.2) is 0 Å². The van der Waals surface area contributed by atoms with Crippen molar-refractivity contribution in [2.24, 2.45) is 0 Å². The highest BCUT2D eigenvalue weighted by Gasteiger charge is 2.21. The lowest BCUT2D eigenvalue weighted by Crippen LogP contribution is -2.41. The number of carbonyl (C=O) groups excluding carboxylic acids is 2. The fourth-order valence-electron chi connectivity index (χ4n) is 3.04. The third-order valence-electron chi connectivity index (χ3n) is 4.59. The molecule has 0 bridgehead atoms.